The predicted molar refractivity (Wildman–Crippen MR) is 95.9 cm³/mol. The molecule has 0 spiro atoms. The summed E-state index contributed by atoms with van der Waals surface area (Å²) < 4.78 is 37.6. The Hall–Kier alpha value is -1.35. The number of hydrogen-bond acceptors (Lipinski definition) is 4. The molecule has 0 amide bonds. The zero-order valence-corrected chi connectivity index (χ0v) is 16.0. The third kappa shape index (κ3) is 7.65. The van der Waals surface area contributed by atoms with Crippen LogP contribution in [0.5, 0.6) is 0 Å². The van der Waals surface area contributed by atoms with Gasteiger partial charge in [0.05, 0.1) is 18.3 Å². The highest BCUT2D eigenvalue weighted by atomic mass is 35.5. The lowest BCUT2D eigenvalue weighted by molar-refractivity contribution is -0.192. The molecule has 1 aliphatic heterocycles. The molecule has 27 heavy (non-hydrogen) atoms. The largest absolute Gasteiger partial charge is 0.490 e. The second-order valence-electron chi connectivity index (χ2n) is 6.37. The number of ether oxygens (including phenoxy) is 1. The summed E-state index contributed by atoms with van der Waals surface area (Å²) in [7, 11) is 0. The third-order valence-electron chi connectivity index (χ3n) is 4.55. The van der Waals surface area contributed by atoms with Gasteiger partial charge >= 0.3 is 12.1 Å². The fourth-order valence-electron chi connectivity index (χ4n) is 2.71. The molecule has 9 heteroatoms. The van der Waals surface area contributed by atoms with Crippen molar-refractivity contribution in [3.63, 3.8) is 0 Å². The molecule has 2 rings (SSSR count). The van der Waals surface area contributed by atoms with Crippen LogP contribution in [-0.4, -0.2) is 53.3 Å². The highest BCUT2D eigenvalue weighted by molar-refractivity contribution is 6.30. The minimum absolute atomic E-state index is 0.112. The van der Waals surface area contributed by atoms with Gasteiger partial charge in [0.2, 0.25) is 0 Å². The molecular weight excluding hydrogens is 387 g/mol. The first-order valence-corrected chi connectivity index (χ1v) is 9.01. The Morgan fingerprint density at radius 1 is 1.26 bits per heavy atom. The first-order chi connectivity index (χ1) is 12.5. The molecule has 0 aromatic heterocycles. The average Bonchev–Trinajstić information content (AvgIpc) is 2.63. The summed E-state index contributed by atoms with van der Waals surface area (Å²) in [6, 6.07) is 8.21. The molecule has 0 saturated carbocycles. The Bertz CT molecular complexity index is 583. The number of morpholine rings is 1. The van der Waals surface area contributed by atoms with Crippen LogP contribution in [0.2, 0.25) is 5.02 Å². The number of nitrogens with one attached hydrogen (secondary N) is 1. The Morgan fingerprint density at radius 2 is 1.78 bits per heavy atom. The molecule has 0 bridgehead atoms. The van der Waals surface area contributed by atoms with E-state index in [0.29, 0.717) is 19.2 Å². The molecule has 0 radical (unpaired) electrons. The lowest BCUT2D eigenvalue weighted by atomic mass is 9.89. The maximum absolute atomic E-state index is 10.6. The molecule has 5 nitrogen and oxygen atoms in total. The van der Waals surface area contributed by atoms with Gasteiger partial charge in [-0.3, -0.25) is 0 Å². The topological polar surface area (TPSA) is 78.8 Å². The van der Waals surface area contributed by atoms with Crippen LogP contribution in [0, 0.1) is 0 Å². The molecule has 1 saturated heterocycles. The standard InChI is InChI=1S/C16H24ClNO2.C2HF3O2/c1-3-16(19,4-2)15-10-18-14(11-20-15)9-12-5-7-13(17)8-6-12;3-2(4,5)1(6)7/h5-8,14-15,18-19H,3-4,9-11H2,1-2H3;(H,6,7)/t14-,15+;/m0./s1. The molecule has 0 aliphatic carbocycles. The van der Waals surface area contributed by atoms with Crippen LogP contribution in [0.15, 0.2) is 24.3 Å². The van der Waals surface area contributed by atoms with Crippen LogP contribution in [0.1, 0.15) is 32.3 Å². The lowest BCUT2D eigenvalue weighted by Crippen LogP contribution is -2.56. The third-order valence-corrected chi connectivity index (χ3v) is 4.80. The van der Waals surface area contributed by atoms with Crippen LogP contribution >= 0.6 is 11.6 Å². The highest BCUT2D eigenvalue weighted by Crippen LogP contribution is 2.24. The van der Waals surface area contributed by atoms with Gasteiger partial charge in [-0.2, -0.15) is 13.2 Å². The van der Waals surface area contributed by atoms with E-state index >= 15 is 0 Å². The zero-order chi connectivity index (χ0) is 20.7. The normalized spacial score (nSPS) is 20.6. The van der Waals surface area contributed by atoms with Crippen LogP contribution in [0.25, 0.3) is 0 Å². The number of carbonyl (C=O) groups is 1. The number of alkyl halides is 3. The van der Waals surface area contributed by atoms with Crippen molar-refractivity contribution in [2.45, 2.75) is 57.0 Å². The van der Waals surface area contributed by atoms with E-state index in [4.69, 9.17) is 26.2 Å². The van der Waals surface area contributed by atoms with Crippen LogP contribution in [0.4, 0.5) is 13.2 Å². The van der Waals surface area contributed by atoms with Crippen LogP contribution < -0.4 is 5.32 Å². The fraction of sp³-hybridized carbons (Fsp3) is 0.611. The van der Waals surface area contributed by atoms with Gasteiger partial charge in [-0.25, -0.2) is 4.79 Å². The predicted octanol–water partition coefficient (Wildman–Crippen LogP) is 3.42. The number of hydrogen-bond donors (Lipinski definition) is 3. The Balaban J connectivity index is 0.000000445. The van der Waals surface area contributed by atoms with Crippen LogP contribution in [-0.2, 0) is 16.0 Å². The molecule has 154 valence electrons. The van der Waals surface area contributed by atoms with Gasteiger partial charge in [0.25, 0.3) is 0 Å². The Labute approximate surface area is 161 Å². The maximum atomic E-state index is 10.6. The maximum Gasteiger partial charge on any atom is 0.490 e. The quantitative estimate of drug-likeness (QED) is 0.692. The van der Waals surface area contributed by atoms with Crippen molar-refractivity contribution in [2.24, 2.45) is 0 Å². The molecule has 0 unspecified atom stereocenters. The van der Waals surface area contributed by atoms with E-state index in [1.807, 2.05) is 38.1 Å². The van der Waals surface area contributed by atoms with Crippen molar-refractivity contribution in [2.75, 3.05) is 13.2 Å². The molecule has 1 fully saturated rings. The van der Waals surface area contributed by atoms with Crippen molar-refractivity contribution in [3.8, 4) is 0 Å². The van der Waals surface area contributed by atoms with Crippen molar-refractivity contribution in [1.82, 2.24) is 5.32 Å². The van der Waals surface area contributed by atoms with E-state index in [2.05, 4.69) is 5.32 Å². The number of aliphatic carboxylic acids is 1. The van der Waals surface area contributed by atoms with Crippen molar-refractivity contribution >= 4 is 17.6 Å². The summed E-state index contributed by atoms with van der Waals surface area (Å²) >= 11 is 5.89. The SMILES string of the molecule is CCC(O)(CC)[C@H]1CN[C@@H](Cc2ccc(Cl)cc2)CO1.O=C(O)C(F)(F)F. The average molecular weight is 412 g/mol. The van der Waals surface area contributed by atoms with E-state index in [1.54, 1.807) is 0 Å². The number of benzene rings is 1. The summed E-state index contributed by atoms with van der Waals surface area (Å²) in [5.41, 5.74) is 0.535. The Morgan fingerprint density at radius 3 is 2.15 bits per heavy atom. The minimum Gasteiger partial charge on any atom is -0.475 e. The van der Waals surface area contributed by atoms with E-state index in [0.717, 1.165) is 24.3 Å². The van der Waals surface area contributed by atoms with Gasteiger partial charge < -0.3 is 20.3 Å². The van der Waals surface area contributed by atoms with Gasteiger partial charge in [0, 0.05) is 17.6 Å². The van der Waals surface area contributed by atoms with E-state index in [1.165, 1.54) is 5.56 Å². The van der Waals surface area contributed by atoms with Gasteiger partial charge in [-0.05, 0) is 37.0 Å². The molecule has 1 aromatic carbocycles. The van der Waals surface area contributed by atoms with Gasteiger partial charge in [-0.15, -0.1) is 0 Å². The summed E-state index contributed by atoms with van der Waals surface area (Å²) in [6.45, 7) is 5.35. The fourth-order valence-corrected chi connectivity index (χ4v) is 2.84. The second-order valence-corrected chi connectivity index (χ2v) is 6.81. The molecule has 1 heterocycles. The molecule has 2 atom stereocenters. The second kappa shape index (κ2) is 10.3. The van der Waals surface area contributed by atoms with Crippen molar-refractivity contribution in [1.29, 1.82) is 0 Å². The number of carboxylic acid groups (broad SMARTS) is 1. The summed E-state index contributed by atoms with van der Waals surface area (Å²) in [4.78, 5) is 8.90. The highest BCUT2D eigenvalue weighted by Gasteiger charge is 2.38. The van der Waals surface area contributed by atoms with Gasteiger partial charge in [0.1, 0.15) is 0 Å². The minimum atomic E-state index is -5.08. The summed E-state index contributed by atoms with van der Waals surface area (Å²) in [6.07, 6.45) is -2.84. The van der Waals surface area contributed by atoms with Gasteiger partial charge in [0.15, 0.2) is 0 Å². The van der Waals surface area contributed by atoms with E-state index in [9.17, 15) is 18.3 Å². The number of halogens is 4. The number of carboxylic acids is 1. The van der Waals surface area contributed by atoms with Gasteiger partial charge in [-0.1, -0.05) is 37.6 Å². The molecular formula is C18H25ClF3NO4. The first-order valence-electron chi connectivity index (χ1n) is 8.63. The lowest BCUT2D eigenvalue weighted by Gasteiger charge is -2.40. The smallest absolute Gasteiger partial charge is 0.475 e. The first kappa shape index (κ1) is 23.7. The molecule has 1 aromatic rings. The number of aliphatic hydroxyl groups is 1. The summed E-state index contributed by atoms with van der Waals surface area (Å²) in [5.74, 6) is -2.76. The molecule has 3 N–H and O–H groups in total. The van der Waals surface area contributed by atoms with Crippen molar-refractivity contribution in [3.05, 3.63) is 34.9 Å². The zero-order valence-electron chi connectivity index (χ0n) is 15.2. The number of rotatable bonds is 5. The molecule has 1 aliphatic rings. The monoisotopic (exact) mass is 411 g/mol. The summed E-state index contributed by atoms with van der Waals surface area (Å²) in [5, 5.41) is 21.9. The van der Waals surface area contributed by atoms with Crippen molar-refractivity contribution < 1.29 is 32.9 Å². The Kier molecular flexibility index (Phi) is 9.01. The van der Waals surface area contributed by atoms with Crippen LogP contribution in [0.3, 0.4) is 0 Å². The van der Waals surface area contributed by atoms with E-state index < -0.39 is 17.7 Å². The van der Waals surface area contributed by atoms with E-state index in [-0.39, 0.29) is 6.10 Å².